The van der Waals surface area contributed by atoms with Gasteiger partial charge in [0.1, 0.15) is 0 Å². The molecule has 0 N–H and O–H groups in total. The van der Waals surface area contributed by atoms with Gasteiger partial charge in [0.15, 0.2) is 0 Å². The third kappa shape index (κ3) is 1.80. The molecular weight excluding hydrogens is 244 g/mol. The molecule has 2 rings (SSSR count). The van der Waals surface area contributed by atoms with Gasteiger partial charge in [0.25, 0.3) is 0 Å². The molecule has 0 bridgehead atoms. The van der Waals surface area contributed by atoms with E-state index < -0.39 is 0 Å². The maximum Gasteiger partial charge on any atom is 0.0522 e. The first-order valence-corrected chi connectivity index (χ1v) is 9.67. The molecule has 0 aromatic rings. The first-order chi connectivity index (χ1) is 5.83. The summed E-state index contributed by atoms with van der Waals surface area (Å²) in [4.78, 5) is 1.53. The Kier molecular flexibility index (Phi) is 3.29. The van der Waals surface area contributed by atoms with Crippen LogP contribution in [-0.2, 0) is 0 Å². The predicted octanol–water partition coefficient (Wildman–Crippen LogP) is 4.16. The molecule has 0 amide bonds. The van der Waals surface area contributed by atoms with Crippen molar-refractivity contribution in [1.82, 2.24) is 0 Å². The van der Waals surface area contributed by atoms with Crippen LogP contribution in [0, 0.1) is 0 Å². The van der Waals surface area contributed by atoms with Gasteiger partial charge in [-0.05, 0) is 46.3 Å². The number of thioether (sulfide) groups is 2. The van der Waals surface area contributed by atoms with E-state index >= 15 is 0 Å². The quantitative estimate of drug-likeness (QED) is 0.534. The molecule has 0 radical (unpaired) electrons. The van der Waals surface area contributed by atoms with E-state index in [-0.39, 0.29) is 0 Å². The van der Waals surface area contributed by atoms with Gasteiger partial charge in [0.05, 0.1) is 8.47 Å². The van der Waals surface area contributed by atoms with E-state index in [0.717, 1.165) is 0 Å². The van der Waals surface area contributed by atoms with Crippen molar-refractivity contribution in [3.63, 3.8) is 0 Å². The second-order valence-corrected chi connectivity index (χ2v) is 10.1. The fraction of sp³-hybridized carbons (Fsp3) is 0.286. The molecule has 0 unspecified atom stereocenters. The van der Waals surface area contributed by atoms with Crippen molar-refractivity contribution in [2.24, 2.45) is 0 Å². The summed E-state index contributed by atoms with van der Waals surface area (Å²) >= 11 is 3.72. The van der Waals surface area contributed by atoms with Crippen molar-refractivity contribution in [2.75, 3.05) is 12.5 Å². The summed E-state index contributed by atoms with van der Waals surface area (Å²) in [5, 5.41) is 0. The molecule has 0 aromatic heterocycles. The highest BCUT2D eigenvalue weighted by Crippen LogP contribution is 2.62. The monoisotopic (exact) mass is 252 g/mol. The zero-order chi connectivity index (χ0) is 8.55. The summed E-state index contributed by atoms with van der Waals surface area (Å²) in [6.45, 7) is 0. The highest BCUT2D eigenvalue weighted by Gasteiger charge is 2.21. The van der Waals surface area contributed by atoms with Gasteiger partial charge < -0.3 is 0 Å². The highest BCUT2D eigenvalue weighted by atomic mass is 33.5. The van der Waals surface area contributed by atoms with Crippen molar-refractivity contribution in [1.29, 1.82) is 0 Å². The average Bonchev–Trinajstić information content (AvgIpc) is 2.59. The molecular formula is C7H8S5. The highest BCUT2D eigenvalue weighted by molar-refractivity contribution is 9.18. The van der Waals surface area contributed by atoms with Crippen molar-refractivity contribution in [3.8, 4) is 0 Å². The Labute approximate surface area is 91.1 Å². The number of rotatable bonds is 2. The molecule has 2 aliphatic rings. The zero-order valence-electron chi connectivity index (χ0n) is 6.70. The third-order valence-electron chi connectivity index (χ3n) is 1.43. The number of hydrogen-bond acceptors (Lipinski definition) is 4. The summed E-state index contributed by atoms with van der Waals surface area (Å²) in [6, 6.07) is 0. The van der Waals surface area contributed by atoms with E-state index in [2.05, 4.69) is 24.7 Å². The molecule has 66 valence electrons. The van der Waals surface area contributed by atoms with E-state index in [1.807, 2.05) is 45.1 Å². The van der Waals surface area contributed by atoms with Gasteiger partial charge in [0, 0.05) is 4.86 Å². The lowest BCUT2D eigenvalue weighted by atomic mass is 10.4. The Bertz CT molecular complexity index is 271. The van der Waals surface area contributed by atoms with Crippen LogP contribution in [0.15, 0.2) is 20.6 Å². The molecule has 0 spiro atoms. The van der Waals surface area contributed by atoms with Gasteiger partial charge in [-0.15, -0.1) is 23.5 Å². The van der Waals surface area contributed by atoms with E-state index in [9.17, 15) is 0 Å². The molecule has 0 aromatic carbocycles. The molecule has 2 heterocycles. The first-order valence-electron chi connectivity index (χ1n) is 3.33. The Morgan fingerprint density at radius 2 is 1.58 bits per heavy atom. The third-order valence-corrected chi connectivity index (χ3v) is 10.5. The molecule has 0 saturated carbocycles. The maximum atomic E-state index is 2.33. The summed E-state index contributed by atoms with van der Waals surface area (Å²) in [7, 11) is 4.42. The Morgan fingerprint density at radius 3 is 1.92 bits per heavy atom. The fourth-order valence-corrected chi connectivity index (χ4v) is 10.8. The van der Waals surface area contributed by atoms with Crippen molar-refractivity contribution in [2.45, 2.75) is 0 Å². The van der Waals surface area contributed by atoms with Crippen molar-refractivity contribution >= 4 is 58.5 Å². The SMILES string of the molecule is CSC1=CC2=S(S1)SC(SC)=C2. The van der Waals surface area contributed by atoms with Gasteiger partial charge >= 0.3 is 0 Å². The van der Waals surface area contributed by atoms with Gasteiger partial charge in [-0.2, -0.15) is 0 Å². The van der Waals surface area contributed by atoms with Gasteiger partial charge in [0.2, 0.25) is 0 Å². The van der Waals surface area contributed by atoms with Gasteiger partial charge in [-0.3, -0.25) is 0 Å². The van der Waals surface area contributed by atoms with Crippen LogP contribution in [0.3, 0.4) is 0 Å². The van der Waals surface area contributed by atoms with E-state index in [4.69, 9.17) is 0 Å². The van der Waals surface area contributed by atoms with Crippen LogP contribution in [-0.4, -0.2) is 17.4 Å². The molecule has 0 nitrogen and oxygen atoms in total. The van der Waals surface area contributed by atoms with E-state index in [1.54, 1.807) is 0 Å². The first kappa shape index (κ1) is 9.65. The second-order valence-electron chi connectivity index (χ2n) is 2.14. The standard InChI is InChI=1S/C7H8S5/c1-8-6-3-5-4-7(9-2)11-12(5)10-6/h3-4H,1-2H3. The topological polar surface area (TPSA) is 0 Å². The Hall–Kier alpha value is 1.10. The van der Waals surface area contributed by atoms with Crippen LogP contribution in [0.25, 0.3) is 0 Å². The van der Waals surface area contributed by atoms with Crippen LogP contribution in [0.2, 0.25) is 0 Å². The summed E-state index contributed by atoms with van der Waals surface area (Å²) < 4.78 is 2.94. The largest absolute Gasteiger partial charge is 0.122 e. The minimum absolute atomic E-state index is 0.395. The summed E-state index contributed by atoms with van der Waals surface area (Å²) in [6.07, 6.45) is 8.95. The van der Waals surface area contributed by atoms with Crippen LogP contribution < -0.4 is 0 Å². The zero-order valence-corrected chi connectivity index (χ0v) is 10.8. The minimum atomic E-state index is 0.395. The predicted molar refractivity (Wildman–Crippen MR) is 71.0 cm³/mol. The average molecular weight is 252 g/mol. The maximum absolute atomic E-state index is 2.33. The van der Waals surface area contributed by atoms with Crippen LogP contribution in [0.5, 0.6) is 0 Å². The van der Waals surface area contributed by atoms with E-state index in [1.165, 1.54) is 13.3 Å². The normalized spacial score (nSPS) is 22.7. The lowest BCUT2D eigenvalue weighted by Gasteiger charge is -2.00. The lowest BCUT2D eigenvalue weighted by Crippen LogP contribution is -1.77. The molecule has 12 heavy (non-hydrogen) atoms. The lowest BCUT2D eigenvalue weighted by molar-refractivity contribution is 2.20. The molecule has 0 atom stereocenters. The Balaban J connectivity index is 2.15. The smallest absolute Gasteiger partial charge is 0.0522 e. The molecule has 0 aliphatic carbocycles. The minimum Gasteiger partial charge on any atom is -0.122 e. The van der Waals surface area contributed by atoms with Crippen LogP contribution in [0.4, 0.5) is 0 Å². The molecule has 0 fully saturated rings. The fourth-order valence-electron chi connectivity index (χ4n) is 0.867. The molecule has 0 saturated heterocycles. The van der Waals surface area contributed by atoms with Gasteiger partial charge in [-0.1, -0.05) is 8.55 Å². The number of allylic oxidation sites excluding steroid dienone is 2. The number of hydrogen-bond donors (Lipinski definition) is 0. The summed E-state index contributed by atoms with van der Waals surface area (Å²) in [5.41, 5.74) is 0. The van der Waals surface area contributed by atoms with E-state index in [0.29, 0.717) is 8.55 Å². The Morgan fingerprint density at radius 1 is 1.08 bits per heavy atom. The molecule has 2 aliphatic heterocycles. The van der Waals surface area contributed by atoms with Crippen LogP contribution >= 0.6 is 53.7 Å². The van der Waals surface area contributed by atoms with Crippen LogP contribution in [0.1, 0.15) is 0 Å². The second kappa shape index (κ2) is 4.09. The molecule has 5 heteroatoms. The van der Waals surface area contributed by atoms with Gasteiger partial charge in [-0.25, -0.2) is 0 Å². The summed E-state index contributed by atoms with van der Waals surface area (Å²) in [5.74, 6) is 0. The van der Waals surface area contributed by atoms with Crippen molar-refractivity contribution < 1.29 is 0 Å². The van der Waals surface area contributed by atoms with Crippen molar-refractivity contribution in [3.05, 3.63) is 20.6 Å².